The summed E-state index contributed by atoms with van der Waals surface area (Å²) in [5.74, 6) is -0.481. The van der Waals surface area contributed by atoms with Crippen LogP contribution in [0.2, 0.25) is 0 Å². The summed E-state index contributed by atoms with van der Waals surface area (Å²) in [4.78, 5) is 35.7. The van der Waals surface area contributed by atoms with Gasteiger partial charge in [0.25, 0.3) is 0 Å². The first-order valence-corrected chi connectivity index (χ1v) is 4.49. The number of hydrogen-bond acceptors (Lipinski definition) is 4. The number of H-pyrrole nitrogens is 1. The Hall–Kier alpha value is -1.91. The summed E-state index contributed by atoms with van der Waals surface area (Å²) in [5.41, 5.74) is -0.188. The van der Waals surface area contributed by atoms with Crippen LogP contribution in [0.15, 0.2) is 17.2 Å². The van der Waals surface area contributed by atoms with Gasteiger partial charge in [-0.05, 0) is 6.92 Å². The average Bonchev–Trinajstić information content (AvgIpc) is 2.21. The number of rotatable bonds is 4. The van der Waals surface area contributed by atoms with Crippen LogP contribution in [0.4, 0.5) is 0 Å². The van der Waals surface area contributed by atoms with Crippen molar-refractivity contribution < 1.29 is 14.3 Å². The first-order chi connectivity index (χ1) is 7.19. The second-order valence-corrected chi connectivity index (χ2v) is 2.86. The maximum Gasteiger partial charge on any atom is 0.310 e. The van der Waals surface area contributed by atoms with Gasteiger partial charge < -0.3 is 9.72 Å². The molecule has 0 aliphatic rings. The highest BCUT2D eigenvalue weighted by molar-refractivity contribution is 5.76. The van der Waals surface area contributed by atoms with E-state index < -0.39 is 11.4 Å². The lowest BCUT2D eigenvalue weighted by atomic mass is 10.1. The van der Waals surface area contributed by atoms with Gasteiger partial charge in [-0.15, -0.1) is 0 Å². The molecule has 0 saturated carbocycles. The molecule has 1 rings (SSSR count). The minimum atomic E-state index is -0.481. The van der Waals surface area contributed by atoms with Crippen LogP contribution in [-0.4, -0.2) is 23.8 Å². The van der Waals surface area contributed by atoms with Crippen molar-refractivity contribution in [3.8, 4) is 0 Å². The Bertz CT molecular complexity index is 422. The van der Waals surface area contributed by atoms with E-state index in [4.69, 9.17) is 4.74 Å². The van der Waals surface area contributed by atoms with E-state index in [0.717, 1.165) is 0 Å². The highest BCUT2D eigenvalue weighted by Crippen LogP contribution is 1.95. The van der Waals surface area contributed by atoms with Gasteiger partial charge in [-0.1, -0.05) is 0 Å². The maximum absolute atomic E-state index is 11.5. The summed E-state index contributed by atoms with van der Waals surface area (Å²) in [6.07, 6.45) is 3.02. The van der Waals surface area contributed by atoms with Gasteiger partial charge in [-0.2, -0.15) is 0 Å². The second-order valence-electron chi connectivity index (χ2n) is 2.86. The molecule has 0 spiro atoms. The summed E-state index contributed by atoms with van der Waals surface area (Å²) in [7, 11) is 0. The van der Waals surface area contributed by atoms with Crippen molar-refractivity contribution in [2.24, 2.45) is 0 Å². The molecule has 1 aromatic heterocycles. The monoisotopic (exact) mass is 209 g/mol. The van der Waals surface area contributed by atoms with E-state index >= 15 is 0 Å². The van der Waals surface area contributed by atoms with Crippen LogP contribution in [0.1, 0.15) is 22.8 Å². The molecule has 5 nitrogen and oxygen atoms in total. The fraction of sp³-hybridized carbons (Fsp3) is 0.300. The minimum Gasteiger partial charge on any atom is -0.466 e. The Kier molecular flexibility index (Phi) is 3.79. The highest BCUT2D eigenvalue weighted by atomic mass is 16.5. The lowest BCUT2D eigenvalue weighted by Gasteiger charge is -2.01. The van der Waals surface area contributed by atoms with Crippen molar-refractivity contribution in [1.82, 2.24) is 4.98 Å². The van der Waals surface area contributed by atoms with Gasteiger partial charge >= 0.3 is 5.97 Å². The predicted octanol–water partition coefficient (Wildman–Crippen LogP) is 0.293. The zero-order chi connectivity index (χ0) is 11.3. The highest BCUT2D eigenvalue weighted by Gasteiger charge is 2.09. The van der Waals surface area contributed by atoms with Crippen molar-refractivity contribution in [2.75, 3.05) is 6.61 Å². The van der Waals surface area contributed by atoms with Gasteiger partial charge in [0, 0.05) is 18.0 Å². The number of ether oxygens (including phenoxy) is 1. The van der Waals surface area contributed by atoms with Gasteiger partial charge in [0.15, 0.2) is 11.7 Å². The SMILES string of the molecule is CCOC(=O)Cc1c[nH]cc(C=O)c1=O. The van der Waals surface area contributed by atoms with Crippen molar-refractivity contribution in [3.05, 3.63) is 33.7 Å². The lowest BCUT2D eigenvalue weighted by Crippen LogP contribution is -2.19. The molecule has 0 fully saturated rings. The normalized spacial score (nSPS) is 9.67. The van der Waals surface area contributed by atoms with Crippen molar-refractivity contribution in [1.29, 1.82) is 0 Å². The van der Waals surface area contributed by atoms with Crippen LogP contribution in [-0.2, 0) is 16.0 Å². The molecule has 0 amide bonds. The third-order valence-electron chi connectivity index (χ3n) is 1.82. The second kappa shape index (κ2) is 5.09. The number of esters is 1. The van der Waals surface area contributed by atoms with E-state index in [9.17, 15) is 14.4 Å². The molecular formula is C10H11NO4. The topological polar surface area (TPSA) is 76.2 Å². The Morgan fingerprint density at radius 2 is 2.27 bits per heavy atom. The van der Waals surface area contributed by atoms with Crippen LogP contribution >= 0.6 is 0 Å². The molecule has 5 heteroatoms. The number of carbonyl (C=O) groups excluding carboxylic acids is 2. The van der Waals surface area contributed by atoms with Gasteiger partial charge in [0.05, 0.1) is 18.6 Å². The smallest absolute Gasteiger partial charge is 0.310 e. The molecule has 1 N–H and O–H groups in total. The molecule has 0 saturated heterocycles. The third kappa shape index (κ3) is 2.77. The van der Waals surface area contributed by atoms with Crippen LogP contribution in [0, 0.1) is 0 Å². The minimum absolute atomic E-state index is 0.0109. The molecular weight excluding hydrogens is 198 g/mol. The fourth-order valence-electron chi connectivity index (χ4n) is 1.13. The van der Waals surface area contributed by atoms with Gasteiger partial charge in [-0.3, -0.25) is 14.4 Å². The summed E-state index contributed by atoms with van der Waals surface area (Å²) < 4.78 is 4.69. The quantitative estimate of drug-likeness (QED) is 0.571. The zero-order valence-electron chi connectivity index (χ0n) is 8.28. The zero-order valence-corrected chi connectivity index (χ0v) is 8.28. The first kappa shape index (κ1) is 11.2. The number of carbonyl (C=O) groups is 2. The number of aldehydes is 1. The summed E-state index contributed by atoms with van der Waals surface area (Å²) in [6, 6.07) is 0. The predicted molar refractivity (Wildman–Crippen MR) is 52.8 cm³/mol. The fourth-order valence-corrected chi connectivity index (χ4v) is 1.13. The van der Waals surface area contributed by atoms with E-state index in [2.05, 4.69) is 4.98 Å². The van der Waals surface area contributed by atoms with E-state index in [0.29, 0.717) is 6.29 Å². The standard InChI is InChI=1S/C10H11NO4/c1-2-15-9(13)3-7-4-11-5-8(6-12)10(7)14/h4-6H,2-3H2,1H3,(H,11,14). The molecule has 15 heavy (non-hydrogen) atoms. The molecule has 1 aromatic rings. The third-order valence-corrected chi connectivity index (χ3v) is 1.82. The van der Waals surface area contributed by atoms with Crippen molar-refractivity contribution in [2.45, 2.75) is 13.3 Å². The average molecular weight is 209 g/mol. The van der Waals surface area contributed by atoms with Crippen LogP contribution in [0.5, 0.6) is 0 Å². The van der Waals surface area contributed by atoms with Gasteiger partial charge in [0.1, 0.15) is 0 Å². The molecule has 0 aromatic carbocycles. The number of aromatic amines is 1. The van der Waals surface area contributed by atoms with E-state index in [1.165, 1.54) is 12.4 Å². The lowest BCUT2D eigenvalue weighted by molar-refractivity contribution is -0.142. The Morgan fingerprint density at radius 3 is 2.87 bits per heavy atom. The largest absolute Gasteiger partial charge is 0.466 e. The molecule has 1 heterocycles. The summed E-state index contributed by atoms with van der Waals surface area (Å²) >= 11 is 0. The molecule has 0 aliphatic carbocycles. The maximum atomic E-state index is 11.5. The summed E-state index contributed by atoms with van der Waals surface area (Å²) in [6.45, 7) is 1.95. The molecule has 0 radical (unpaired) electrons. The van der Waals surface area contributed by atoms with E-state index in [1.54, 1.807) is 6.92 Å². The van der Waals surface area contributed by atoms with Crippen LogP contribution in [0.3, 0.4) is 0 Å². The number of pyridine rings is 1. The molecule has 80 valence electrons. The van der Waals surface area contributed by atoms with Gasteiger partial charge in [-0.25, -0.2) is 0 Å². The number of aromatic nitrogens is 1. The van der Waals surface area contributed by atoms with Crippen LogP contribution in [0.25, 0.3) is 0 Å². The van der Waals surface area contributed by atoms with Crippen molar-refractivity contribution in [3.63, 3.8) is 0 Å². The van der Waals surface area contributed by atoms with Crippen LogP contribution < -0.4 is 5.43 Å². The molecule has 0 aliphatic heterocycles. The van der Waals surface area contributed by atoms with E-state index in [1.807, 2.05) is 0 Å². The Labute approximate surface area is 86.1 Å². The number of hydrogen-bond donors (Lipinski definition) is 1. The van der Waals surface area contributed by atoms with Gasteiger partial charge in [0.2, 0.25) is 0 Å². The van der Waals surface area contributed by atoms with Crippen molar-refractivity contribution >= 4 is 12.3 Å². The van der Waals surface area contributed by atoms with E-state index in [-0.39, 0.29) is 24.2 Å². The Morgan fingerprint density at radius 1 is 1.53 bits per heavy atom. The molecule has 0 atom stereocenters. The summed E-state index contributed by atoms with van der Waals surface area (Å²) in [5, 5.41) is 0. The Balaban J connectivity index is 2.91. The first-order valence-electron chi connectivity index (χ1n) is 4.49. The molecule has 0 bridgehead atoms. The molecule has 0 unspecified atom stereocenters. The number of nitrogens with one attached hydrogen (secondary N) is 1.